The van der Waals surface area contributed by atoms with Crippen molar-refractivity contribution in [2.75, 3.05) is 7.05 Å². The van der Waals surface area contributed by atoms with Crippen LogP contribution in [0.1, 0.15) is 24.4 Å². The number of aryl methyl sites for hydroxylation is 1. The van der Waals surface area contributed by atoms with Gasteiger partial charge in [0.15, 0.2) is 5.96 Å². The number of hydrogen-bond acceptors (Lipinski definition) is 3. The van der Waals surface area contributed by atoms with E-state index in [0.717, 1.165) is 11.4 Å². The van der Waals surface area contributed by atoms with Crippen LogP contribution in [0.25, 0.3) is 0 Å². The Labute approximate surface area is 162 Å². The van der Waals surface area contributed by atoms with E-state index in [1.165, 1.54) is 6.33 Å². The molecule has 1 heterocycles. The van der Waals surface area contributed by atoms with Crippen molar-refractivity contribution in [1.82, 2.24) is 25.4 Å². The van der Waals surface area contributed by atoms with Gasteiger partial charge in [0, 0.05) is 24.1 Å². The summed E-state index contributed by atoms with van der Waals surface area (Å²) in [6.45, 7) is 2.53. The van der Waals surface area contributed by atoms with Gasteiger partial charge < -0.3 is 10.6 Å². The summed E-state index contributed by atoms with van der Waals surface area (Å²) >= 11 is 12.1. The summed E-state index contributed by atoms with van der Waals surface area (Å²) in [5.41, 5.74) is 0.952. The van der Waals surface area contributed by atoms with Gasteiger partial charge in [0.25, 0.3) is 0 Å². The zero-order chi connectivity index (χ0) is 16.1. The van der Waals surface area contributed by atoms with Gasteiger partial charge in [0.05, 0.1) is 12.6 Å². The van der Waals surface area contributed by atoms with E-state index in [0.29, 0.717) is 22.5 Å². The van der Waals surface area contributed by atoms with E-state index in [1.807, 2.05) is 26.1 Å². The SMILES string of the molecule is CN=C(NCc1ncnn1C)NC(C)c1ccc(Cl)cc1Cl.I. The standard InChI is InChI=1S/C14H18Cl2N6.HI/c1-9(11-5-4-10(15)6-12(11)16)21-14(17-2)18-7-13-19-8-20-22(13)3;/h4-6,8-9H,7H2,1-3H3,(H2,17,18,21);1H. The first-order valence-corrected chi connectivity index (χ1v) is 7.52. The van der Waals surface area contributed by atoms with Crippen LogP contribution in [0, 0.1) is 0 Å². The Morgan fingerprint density at radius 3 is 2.70 bits per heavy atom. The Hall–Kier alpha value is -1.06. The molecule has 0 saturated heterocycles. The summed E-state index contributed by atoms with van der Waals surface area (Å²) in [6, 6.07) is 5.43. The number of aromatic nitrogens is 3. The van der Waals surface area contributed by atoms with Gasteiger partial charge in [-0.1, -0.05) is 29.3 Å². The second-order valence-electron chi connectivity index (χ2n) is 4.76. The van der Waals surface area contributed by atoms with Gasteiger partial charge in [0.2, 0.25) is 0 Å². The first-order valence-electron chi connectivity index (χ1n) is 6.76. The Kier molecular flexibility index (Phi) is 8.07. The third-order valence-corrected chi connectivity index (χ3v) is 3.79. The zero-order valence-electron chi connectivity index (χ0n) is 13.0. The highest BCUT2D eigenvalue weighted by Crippen LogP contribution is 2.25. The normalized spacial score (nSPS) is 12.5. The van der Waals surface area contributed by atoms with Gasteiger partial charge in [-0.15, -0.1) is 24.0 Å². The van der Waals surface area contributed by atoms with Gasteiger partial charge in [-0.2, -0.15) is 5.10 Å². The lowest BCUT2D eigenvalue weighted by molar-refractivity contribution is 0.651. The lowest BCUT2D eigenvalue weighted by Gasteiger charge is -2.19. The minimum atomic E-state index is -0.0181. The summed E-state index contributed by atoms with van der Waals surface area (Å²) in [7, 11) is 3.55. The molecule has 0 saturated carbocycles. The number of halogens is 3. The summed E-state index contributed by atoms with van der Waals surface area (Å²) in [4.78, 5) is 8.35. The zero-order valence-corrected chi connectivity index (χ0v) is 16.9. The number of nitrogens with zero attached hydrogens (tertiary/aromatic N) is 4. The number of benzene rings is 1. The Balaban J connectivity index is 0.00000264. The molecule has 6 nitrogen and oxygen atoms in total. The maximum Gasteiger partial charge on any atom is 0.191 e. The quantitative estimate of drug-likeness (QED) is 0.411. The Morgan fingerprint density at radius 1 is 1.39 bits per heavy atom. The van der Waals surface area contributed by atoms with Crippen LogP contribution in [0.4, 0.5) is 0 Å². The molecule has 1 aromatic heterocycles. The fraction of sp³-hybridized carbons (Fsp3) is 0.357. The van der Waals surface area contributed by atoms with Crippen molar-refractivity contribution in [2.24, 2.45) is 12.0 Å². The largest absolute Gasteiger partial charge is 0.350 e. The Bertz CT molecular complexity index is 673. The van der Waals surface area contributed by atoms with Gasteiger partial charge in [0.1, 0.15) is 12.2 Å². The van der Waals surface area contributed by atoms with Crippen LogP contribution in [0.3, 0.4) is 0 Å². The number of aliphatic imine (C=N–C) groups is 1. The van der Waals surface area contributed by atoms with E-state index in [1.54, 1.807) is 17.8 Å². The predicted molar refractivity (Wildman–Crippen MR) is 105 cm³/mol. The second-order valence-corrected chi connectivity index (χ2v) is 5.60. The fourth-order valence-corrected chi connectivity index (χ4v) is 2.55. The van der Waals surface area contributed by atoms with Crippen molar-refractivity contribution < 1.29 is 0 Å². The van der Waals surface area contributed by atoms with Crippen molar-refractivity contribution in [3.8, 4) is 0 Å². The van der Waals surface area contributed by atoms with Gasteiger partial charge in [-0.3, -0.25) is 9.67 Å². The average molecular weight is 469 g/mol. The lowest BCUT2D eigenvalue weighted by Crippen LogP contribution is -2.38. The molecule has 0 aliphatic carbocycles. The van der Waals surface area contributed by atoms with E-state index in [4.69, 9.17) is 23.2 Å². The van der Waals surface area contributed by atoms with E-state index < -0.39 is 0 Å². The number of nitrogens with one attached hydrogen (secondary N) is 2. The van der Waals surface area contributed by atoms with Crippen molar-refractivity contribution in [1.29, 1.82) is 0 Å². The van der Waals surface area contributed by atoms with Gasteiger partial charge in [-0.25, -0.2) is 4.98 Å². The minimum Gasteiger partial charge on any atom is -0.350 e. The third-order valence-electron chi connectivity index (χ3n) is 3.22. The molecule has 1 aromatic carbocycles. The first kappa shape index (κ1) is 20.0. The number of hydrogen-bond donors (Lipinski definition) is 2. The van der Waals surface area contributed by atoms with Crippen LogP contribution in [-0.4, -0.2) is 27.8 Å². The molecule has 0 aliphatic rings. The van der Waals surface area contributed by atoms with Crippen molar-refractivity contribution in [2.45, 2.75) is 19.5 Å². The molecule has 0 aliphatic heterocycles. The molecule has 2 aromatic rings. The van der Waals surface area contributed by atoms with Crippen LogP contribution in [-0.2, 0) is 13.6 Å². The van der Waals surface area contributed by atoms with Crippen LogP contribution in [0.5, 0.6) is 0 Å². The van der Waals surface area contributed by atoms with E-state index in [-0.39, 0.29) is 30.0 Å². The summed E-state index contributed by atoms with van der Waals surface area (Å²) in [6.07, 6.45) is 1.52. The maximum atomic E-state index is 6.22. The van der Waals surface area contributed by atoms with Crippen molar-refractivity contribution in [3.05, 3.63) is 46.0 Å². The van der Waals surface area contributed by atoms with Crippen LogP contribution < -0.4 is 10.6 Å². The molecule has 0 fully saturated rings. The summed E-state index contributed by atoms with van der Waals surface area (Å²) in [5.74, 6) is 1.47. The number of rotatable bonds is 4. The molecule has 2 N–H and O–H groups in total. The van der Waals surface area contributed by atoms with E-state index in [2.05, 4.69) is 25.7 Å². The predicted octanol–water partition coefficient (Wildman–Crippen LogP) is 3.17. The Morgan fingerprint density at radius 2 is 2.13 bits per heavy atom. The smallest absolute Gasteiger partial charge is 0.191 e. The van der Waals surface area contributed by atoms with Gasteiger partial charge >= 0.3 is 0 Å². The molecule has 1 unspecified atom stereocenters. The third kappa shape index (κ3) is 5.50. The summed E-state index contributed by atoms with van der Waals surface area (Å²) < 4.78 is 1.71. The topological polar surface area (TPSA) is 67.1 Å². The highest BCUT2D eigenvalue weighted by atomic mass is 127. The fourth-order valence-electron chi connectivity index (χ4n) is 1.97. The van der Waals surface area contributed by atoms with Crippen molar-refractivity contribution >= 4 is 53.1 Å². The highest BCUT2D eigenvalue weighted by molar-refractivity contribution is 14.0. The molecule has 23 heavy (non-hydrogen) atoms. The minimum absolute atomic E-state index is 0. The molecule has 9 heteroatoms. The molecule has 0 radical (unpaired) electrons. The van der Waals surface area contributed by atoms with Crippen LogP contribution in [0.15, 0.2) is 29.5 Å². The average Bonchev–Trinajstić information content (AvgIpc) is 2.88. The molecule has 0 bridgehead atoms. The van der Waals surface area contributed by atoms with E-state index >= 15 is 0 Å². The maximum absolute atomic E-state index is 6.22. The molecule has 126 valence electrons. The van der Waals surface area contributed by atoms with E-state index in [9.17, 15) is 0 Å². The number of guanidine groups is 1. The molecule has 0 amide bonds. The molecule has 0 spiro atoms. The van der Waals surface area contributed by atoms with Crippen LogP contribution >= 0.6 is 47.2 Å². The highest BCUT2D eigenvalue weighted by Gasteiger charge is 2.12. The van der Waals surface area contributed by atoms with Gasteiger partial charge in [-0.05, 0) is 24.6 Å². The molecular weight excluding hydrogens is 450 g/mol. The van der Waals surface area contributed by atoms with Crippen LogP contribution in [0.2, 0.25) is 10.0 Å². The molecule has 1 atom stereocenters. The first-order chi connectivity index (χ1) is 10.5. The van der Waals surface area contributed by atoms with Crippen molar-refractivity contribution in [3.63, 3.8) is 0 Å². The second kappa shape index (κ2) is 9.29. The molecule has 2 rings (SSSR count). The molecular formula is C14H19Cl2IN6. The summed E-state index contributed by atoms with van der Waals surface area (Å²) in [5, 5.41) is 11.7. The lowest BCUT2D eigenvalue weighted by atomic mass is 10.1. The monoisotopic (exact) mass is 468 g/mol.